The Morgan fingerprint density at radius 1 is 1.18 bits per heavy atom. The van der Waals surface area contributed by atoms with Crippen LogP contribution in [0.1, 0.15) is 26.7 Å². The molecule has 92 valence electrons. The van der Waals surface area contributed by atoms with Gasteiger partial charge >= 0.3 is 23.9 Å². The van der Waals surface area contributed by atoms with Crippen molar-refractivity contribution in [1.82, 2.24) is 0 Å². The monoisotopic (exact) mass is 240 g/mol. The minimum atomic E-state index is -1.28. The van der Waals surface area contributed by atoms with Gasteiger partial charge in [-0.1, -0.05) is 6.92 Å². The van der Waals surface area contributed by atoms with Crippen LogP contribution in [0, 0.1) is 17.3 Å². The Labute approximate surface area is 97.3 Å². The fraction of sp³-hybridized carbons (Fsp3) is 0.636. The Morgan fingerprint density at radius 2 is 1.82 bits per heavy atom. The highest BCUT2D eigenvalue weighted by atomic mass is 16.6. The Kier molecular flexibility index (Phi) is 2.52. The highest BCUT2D eigenvalue weighted by Gasteiger charge is 2.61. The Bertz CT molecular complexity index is 426. The van der Waals surface area contributed by atoms with Gasteiger partial charge in [-0.05, 0) is 13.3 Å². The summed E-state index contributed by atoms with van der Waals surface area (Å²) in [6, 6.07) is 0. The predicted molar refractivity (Wildman–Crippen MR) is 52.2 cm³/mol. The molecule has 17 heavy (non-hydrogen) atoms. The summed E-state index contributed by atoms with van der Waals surface area (Å²) in [4.78, 5) is 45.8. The fourth-order valence-electron chi connectivity index (χ4n) is 2.51. The molecule has 2 aliphatic rings. The average Bonchev–Trinajstić information content (AvgIpc) is 2.65. The molecule has 2 fully saturated rings. The van der Waals surface area contributed by atoms with E-state index in [1.54, 1.807) is 6.92 Å². The van der Waals surface area contributed by atoms with Gasteiger partial charge in [0, 0.05) is 0 Å². The maximum absolute atomic E-state index is 11.6. The SMILES string of the molecule is CCC1C(=O)OC(=O)C1C1(C)CC(=O)OC1=O. The summed E-state index contributed by atoms with van der Waals surface area (Å²) in [5, 5.41) is 0. The molecule has 6 heteroatoms. The lowest BCUT2D eigenvalue weighted by Gasteiger charge is -2.25. The van der Waals surface area contributed by atoms with Crippen LogP contribution in [-0.2, 0) is 28.7 Å². The molecular weight excluding hydrogens is 228 g/mol. The molecule has 3 atom stereocenters. The van der Waals surface area contributed by atoms with E-state index in [0.717, 1.165) is 0 Å². The molecule has 0 N–H and O–H groups in total. The second kappa shape index (κ2) is 3.65. The number of hydrogen-bond acceptors (Lipinski definition) is 6. The van der Waals surface area contributed by atoms with Gasteiger partial charge in [0.2, 0.25) is 0 Å². The van der Waals surface area contributed by atoms with Crippen molar-refractivity contribution in [2.75, 3.05) is 0 Å². The van der Waals surface area contributed by atoms with Gasteiger partial charge < -0.3 is 9.47 Å². The van der Waals surface area contributed by atoms with Gasteiger partial charge in [-0.15, -0.1) is 0 Å². The molecule has 0 aromatic rings. The third-order valence-corrected chi connectivity index (χ3v) is 3.47. The number of ether oxygens (including phenoxy) is 2. The first-order valence-electron chi connectivity index (χ1n) is 5.40. The highest BCUT2D eigenvalue weighted by molar-refractivity contribution is 6.04. The molecule has 0 aromatic heterocycles. The van der Waals surface area contributed by atoms with E-state index >= 15 is 0 Å². The summed E-state index contributed by atoms with van der Waals surface area (Å²) in [7, 11) is 0. The lowest BCUT2D eigenvalue weighted by atomic mass is 9.70. The van der Waals surface area contributed by atoms with E-state index in [1.165, 1.54) is 6.92 Å². The van der Waals surface area contributed by atoms with Crippen molar-refractivity contribution in [3.63, 3.8) is 0 Å². The molecule has 0 spiro atoms. The lowest BCUT2D eigenvalue weighted by Crippen LogP contribution is -2.39. The van der Waals surface area contributed by atoms with Crippen molar-refractivity contribution in [3.05, 3.63) is 0 Å². The van der Waals surface area contributed by atoms with Crippen LogP contribution >= 0.6 is 0 Å². The highest BCUT2D eigenvalue weighted by Crippen LogP contribution is 2.46. The van der Waals surface area contributed by atoms with E-state index in [1.807, 2.05) is 0 Å². The van der Waals surface area contributed by atoms with Crippen LogP contribution < -0.4 is 0 Å². The lowest BCUT2D eigenvalue weighted by molar-refractivity contribution is -0.161. The molecule has 3 unspecified atom stereocenters. The maximum atomic E-state index is 11.6. The molecule has 2 heterocycles. The molecule has 0 bridgehead atoms. The zero-order valence-corrected chi connectivity index (χ0v) is 9.52. The predicted octanol–water partition coefficient (Wildman–Crippen LogP) is 0.192. The summed E-state index contributed by atoms with van der Waals surface area (Å²) >= 11 is 0. The van der Waals surface area contributed by atoms with E-state index in [9.17, 15) is 19.2 Å². The van der Waals surface area contributed by atoms with Crippen LogP contribution in [0.5, 0.6) is 0 Å². The first kappa shape index (κ1) is 11.8. The Hall–Kier alpha value is -1.72. The number of rotatable bonds is 2. The first-order chi connectivity index (χ1) is 7.90. The van der Waals surface area contributed by atoms with Gasteiger partial charge in [-0.25, -0.2) is 0 Å². The summed E-state index contributed by atoms with van der Waals surface area (Å²) in [5.41, 5.74) is -1.28. The minimum Gasteiger partial charge on any atom is -0.393 e. The van der Waals surface area contributed by atoms with Crippen LogP contribution in [0.2, 0.25) is 0 Å². The van der Waals surface area contributed by atoms with E-state index in [4.69, 9.17) is 0 Å². The van der Waals surface area contributed by atoms with Crippen molar-refractivity contribution in [2.45, 2.75) is 26.7 Å². The summed E-state index contributed by atoms with van der Waals surface area (Å²) in [6.07, 6.45) is 0.196. The van der Waals surface area contributed by atoms with Gasteiger partial charge in [-0.3, -0.25) is 19.2 Å². The fourth-order valence-corrected chi connectivity index (χ4v) is 2.51. The second-order valence-electron chi connectivity index (χ2n) is 4.59. The summed E-state index contributed by atoms with van der Waals surface area (Å²) in [6.45, 7) is 3.19. The summed E-state index contributed by atoms with van der Waals surface area (Å²) < 4.78 is 9.01. The summed E-state index contributed by atoms with van der Waals surface area (Å²) in [5.74, 6) is -4.38. The van der Waals surface area contributed by atoms with Crippen molar-refractivity contribution < 1.29 is 28.7 Å². The first-order valence-corrected chi connectivity index (χ1v) is 5.40. The molecule has 0 radical (unpaired) electrons. The third kappa shape index (κ3) is 1.55. The van der Waals surface area contributed by atoms with Gasteiger partial charge in [0.25, 0.3) is 0 Å². The molecule has 0 aromatic carbocycles. The molecule has 0 amide bonds. The Balaban J connectivity index is 2.38. The van der Waals surface area contributed by atoms with E-state index in [-0.39, 0.29) is 6.42 Å². The number of carbonyl (C=O) groups excluding carboxylic acids is 4. The third-order valence-electron chi connectivity index (χ3n) is 3.47. The van der Waals surface area contributed by atoms with Crippen molar-refractivity contribution in [2.24, 2.45) is 17.3 Å². The minimum absolute atomic E-state index is 0.185. The number of hydrogen-bond donors (Lipinski definition) is 0. The largest absolute Gasteiger partial charge is 0.393 e. The van der Waals surface area contributed by atoms with Gasteiger partial charge in [-0.2, -0.15) is 0 Å². The van der Waals surface area contributed by atoms with Crippen LogP contribution in [-0.4, -0.2) is 23.9 Å². The van der Waals surface area contributed by atoms with Crippen LogP contribution in [0.15, 0.2) is 0 Å². The van der Waals surface area contributed by atoms with Crippen molar-refractivity contribution >= 4 is 23.9 Å². The molecular formula is C11H12O6. The van der Waals surface area contributed by atoms with E-state index < -0.39 is 41.1 Å². The number of esters is 4. The smallest absolute Gasteiger partial charge is 0.320 e. The standard InChI is InChI=1S/C11H12O6/c1-3-5-7(9(14)17-8(5)13)11(2)4-6(12)16-10(11)15/h5,7H,3-4H2,1-2H3. The normalized spacial score (nSPS) is 37.3. The van der Waals surface area contributed by atoms with Gasteiger partial charge in [0.15, 0.2) is 0 Å². The van der Waals surface area contributed by atoms with Crippen LogP contribution in [0.4, 0.5) is 0 Å². The van der Waals surface area contributed by atoms with E-state index in [2.05, 4.69) is 9.47 Å². The van der Waals surface area contributed by atoms with E-state index in [0.29, 0.717) is 6.42 Å². The molecule has 2 saturated heterocycles. The van der Waals surface area contributed by atoms with Crippen molar-refractivity contribution in [3.8, 4) is 0 Å². The topological polar surface area (TPSA) is 86.7 Å². The molecule has 0 saturated carbocycles. The molecule has 0 aliphatic carbocycles. The second-order valence-corrected chi connectivity index (χ2v) is 4.59. The van der Waals surface area contributed by atoms with Crippen LogP contribution in [0.3, 0.4) is 0 Å². The Morgan fingerprint density at radius 3 is 2.29 bits per heavy atom. The molecule has 6 nitrogen and oxygen atoms in total. The van der Waals surface area contributed by atoms with Crippen molar-refractivity contribution in [1.29, 1.82) is 0 Å². The number of cyclic esters (lactones) is 4. The van der Waals surface area contributed by atoms with Crippen LogP contribution in [0.25, 0.3) is 0 Å². The zero-order chi connectivity index (χ0) is 12.8. The van der Waals surface area contributed by atoms with Gasteiger partial charge in [0.05, 0.1) is 23.7 Å². The number of carbonyl (C=O) groups is 4. The quantitative estimate of drug-likeness (QED) is 0.506. The molecule has 2 rings (SSSR count). The average molecular weight is 240 g/mol. The van der Waals surface area contributed by atoms with Gasteiger partial charge in [0.1, 0.15) is 0 Å². The zero-order valence-electron chi connectivity index (χ0n) is 9.52. The maximum Gasteiger partial charge on any atom is 0.320 e. The molecule has 2 aliphatic heterocycles.